The highest BCUT2D eigenvalue weighted by atomic mass is 16.5. The van der Waals surface area contributed by atoms with Gasteiger partial charge in [0, 0.05) is 18.5 Å². The fourth-order valence-corrected chi connectivity index (χ4v) is 3.72. The summed E-state index contributed by atoms with van der Waals surface area (Å²) in [6.45, 7) is 3.48. The lowest BCUT2D eigenvalue weighted by atomic mass is 9.96. The summed E-state index contributed by atoms with van der Waals surface area (Å²) in [7, 11) is 6.17. The summed E-state index contributed by atoms with van der Waals surface area (Å²) in [5.41, 5.74) is 0.979. The van der Waals surface area contributed by atoms with Crippen LogP contribution in [0.2, 0.25) is 0 Å². The van der Waals surface area contributed by atoms with Gasteiger partial charge in [0.2, 0.25) is 11.7 Å². The van der Waals surface area contributed by atoms with Crippen LogP contribution in [0.4, 0.5) is 0 Å². The Labute approximate surface area is 165 Å². The van der Waals surface area contributed by atoms with Gasteiger partial charge in [-0.3, -0.25) is 4.90 Å². The van der Waals surface area contributed by atoms with Crippen LogP contribution < -0.4 is 0 Å². The average Bonchev–Trinajstić information content (AvgIpc) is 3.30. The molecule has 2 aromatic heterocycles. The van der Waals surface area contributed by atoms with E-state index in [-0.39, 0.29) is 0 Å². The molecule has 3 heterocycles. The summed E-state index contributed by atoms with van der Waals surface area (Å²) in [5, 5.41) is 13.0. The number of hydrogen-bond acceptors (Lipinski definition) is 7. The van der Waals surface area contributed by atoms with Gasteiger partial charge in [-0.25, -0.2) is 0 Å². The maximum absolute atomic E-state index is 5.46. The first-order valence-corrected chi connectivity index (χ1v) is 9.73. The smallest absolute Gasteiger partial charge is 0.241 e. The van der Waals surface area contributed by atoms with Crippen LogP contribution in [-0.2, 0) is 20.1 Å². The topological polar surface area (TPSA) is 76.1 Å². The van der Waals surface area contributed by atoms with Crippen molar-refractivity contribution in [3.8, 4) is 11.4 Å². The largest absolute Gasteiger partial charge is 0.338 e. The van der Waals surface area contributed by atoms with E-state index in [0.717, 1.165) is 49.7 Å². The van der Waals surface area contributed by atoms with E-state index in [1.807, 2.05) is 44.4 Å². The maximum Gasteiger partial charge on any atom is 0.241 e. The second kappa shape index (κ2) is 8.20. The molecule has 0 radical (unpaired) electrons. The monoisotopic (exact) mass is 381 g/mol. The highest BCUT2D eigenvalue weighted by Crippen LogP contribution is 2.27. The summed E-state index contributed by atoms with van der Waals surface area (Å²) in [4.78, 5) is 9.03. The zero-order valence-corrected chi connectivity index (χ0v) is 16.7. The Morgan fingerprint density at radius 2 is 1.86 bits per heavy atom. The number of likely N-dealkylation sites (tertiary alicyclic amines) is 1. The van der Waals surface area contributed by atoms with Crippen LogP contribution >= 0.6 is 0 Å². The SMILES string of the molecule is CN(C)Cc1nnc(C2CCN(Cc3nc(-c4ccccc4)no3)CC2)n1C. The van der Waals surface area contributed by atoms with Crippen molar-refractivity contribution in [2.24, 2.45) is 7.05 Å². The van der Waals surface area contributed by atoms with Gasteiger partial charge < -0.3 is 14.0 Å². The van der Waals surface area contributed by atoms with Gasteiger partial charge in [0.1, 0.15) is 11.6 Å². The Hall–Kier alpha value is -2.58. The number of nitrogens with zero attached hydrogens (tertiary/aromatic N) is 7. The molecule has 0 spiro atoms. The standard InChI is InChI=1S/C20H27N7O/c1-25(2)13-17-22-23-20(26(17)3)16-9-11-27(12-10-16)14-18-21-19(24-28-18)15-7-5-4-6-8-15/h4-8,16H,9-14H2,1-3H3. The summed E-state index contributed by atoms with van der Waals surface area (Å²) in [5.74, 6) is 3.89. The minimum atomic E-state index is 0.451. The fraction of sp³-hybridized carbons (Fsp3) is 0.500. The number of hydrogen-bond donors (Lipinski definition) is 0. The Balaban J connectivity index is 1.34. The van der Waals surface area contributed by atoms with Crippen LogP contribution in [-0.4, -0.2) is 61.9 Å². The van der Waals surface area contributed by atoms with E-state index >= 15 is 0 Å². The lowest BCUT2D eigenvalue weighted by molar-refractivity contribution is 0.177. The first kappa shape index (κ1) is 18.8. The Morgan fingerprint density at radius 3 is 2.57 bits per heavy atom. The average molecular weight is 381 g/mol. The summed E-state index contributed by atoms with van der Waals surface area (Å²) in [6, 6.07) is 9.92. The molecular formula is C20H27N7O. The van der Waals surface area contributed by atoms with Gasteiger partial charge in [-0.05, 0) is 40.0 Å². The molecule has 0 saturated carbocycles. The molecule has 3 aromatic rings. The van der Waals surface area contributed by atoms with E-state index in [4.69, 9.17) is 4.52 Å². The highest BCUT2D eigenvalue weighted by Gasteiger charge is 2.26. The van der Waals surface area contributed by atoms with Gasteiger partial charge in [-0.15, -0.1) is 10.2 Å². The fourth-order valence-electron chi connectivity index (χ4n) is 3.72. The zero-order valence-electron chi connectivity index (χ0n) is 16.7. The predicted octanol–water partition coefficient (Wildman–Crippen LogP) is 2.31. The lowest BCUT2D eigenvalue weighted by Gasteiger charge is -2.30. The molecule has 1 saturated heterocycles. The van der Waals surface area contributed by atoms with Gasteiger partial charge in [0.15, 0.2) is 0 Å². The minimum Gasteiger partial charge on any atom is -0.338 e. The molecule has 8 nitrogen and oxygen atoms in total. The predicted molar refractivity (Wildman–Crippen MR) is 105 cm³/mol. The van der Waals surface area contributed by atoms with Crippen molar-refractivity contribution in [1.82, 2.24) is 34.7 Å². The van der Waals surface area contributed by atoms with Crippen LogP contribution in [0.15, 0.2) is 34.9 Å². The lowest BCUT2D eigenvalue weighted by Crippen LogP contribution is -2.33. The zero-order chi connectivity index (χ0) is 19.5. The van der Waals surface area contributed by atoms with E-state index in [9.17, 15) is 0 Å². The van der Waals surface area contributed by atoms with Gasteiger partial charge in [-0.1, -0.05) is 35.5 Å². The van der Waals surface area contributed by atoms with Crippen LogP contribution in [0.1, 0.15) is 36.3 Å². The van der Waals surface area contributed by atoms with Gasteiger partial charge >= 0.3 is 0 Å². The molecule has 1 fully saturated rings. The van der Waals surface area contributed by atoms with Gasteiger partial charge in [0.05, 0.1) is 13.1 Å². The van der Waals surface area contributed by atoms with E-state index in [1.165, 1.54) is 0 Å². The molecule has 0 bridgehead atoms. The summed E-state index contributed by atoms with van der Waals surface area (Å²) < 4.78 is 7.62. The van der Waals surface area contributed by atoms with Gasteiger partial charge in [-0.2, -0.15) is 4.98 Å². The van der Waals surface area contributed by atoms with Crippen LogP contribution in [0.3, 0.4) is 0 Å². The molecule has 0 unspecified atom stereocenters. The van der Waals surface area contributed by atoms with Crippen molar-refractivity contribution in [2.75, 3.05) is 27.2 Å². The normalized spacial score (nSPS) is 16.1. The molecule has 1 aliphatic rings. The molecule has 1 aliphatic heterocycles. The van der Waals surface area contributed by atoms with Crippen molar-refractivity contribution in [1.29, 1.82) is 0 Å². The molecule has 1 aromatic carbocycles. The molecule has 28 heavy (non-hydrogen) atoms. The van der Waals surface area contributed by atoms with E-state index in [1.54, 1.807) is 0 Å². The van der Waals surface area contributed by atoms with E-state index in [0.29, 0.717) is 24.2 Å². The molecule has 0 N–H and O–H groups in total. The number of aromatic nitrogens is 5. The van der Waals surface area contributed by atoms with Crippen molar-refractivity contribution in [3.05, 3.63) is 47.9 Å². The maximum atomic E-state index is 5.46. The van der Waals surface area contributed by atoms with Crippen molar-refractivity contribution < 1.29 is 4.52 Å². The number of piperidine rings is 1. The molecule has 0 aliphatic carbocycles. The molecule has 0 atom stereocenters. The van der Waals surface area contributed by atoms with E-state index in [2.05, 4.69) is 41.8 Å². The highest BCUT2D eigenvalue weighted by molar-refractivity contribution is 5.53. The second-order valence-corrected chi connectivity index (χ2v) is 7.70. The first-order valence-electron chi connectivity index (χ1n) is 9.73. The van der Waals surface area contributed by atoms with Crippen molar-refractivity contribution >= 4 is 0 Å². The molecule has 4 rings (SSSR count). The quantitative estimate of drug-likeness (QED) is 0.648. The van der Waals surface area contributed by atoms with Gasteiger partial charge in [0.25, 0.3) is 0 Å². The third-order valence-corrected chi connectivity index (χ3v) is 5.27. The Morgan fingerprint density at radius 1 is 1.11 bits per heavy atom. The third-order valence-electron chi connectivity index (χ3n) is 5.27. The van der Waals surface area contributed by atoms with Crippen LogP contribution in [0.5, 0.6) is 0 Å². The molecule has 8 heteroatoms. The molecule has 148 valence electrons. The second-order valence-electron chi connectivity index (χ2n) is 7.70. The van der Waals surface area contributed by atoms with Crippen molar-refractivity contribution in [3.63, 3.8) is 0 Å². The Kier molecular flexibility index (Phi) is 5.50. The molecular weight excluding hydrogens is 354 g/mol. The molecule has 0 amide bonds. The Bertz CT molecular complexity index is 894. The number of rotatable bonds is 6. The van der Waals surface area contributed by atoms with E-state index < -0.39 is 0 Å². The summed E-state index contributed by atoms with van der Waals surface area (Å²) >= 11 is 0. The number of benzene rings is 1. The first-order chi connectivity index (χ1) is 13.6. The summed E-state index contributed by atoms with van der Waals surface area (Å²) in [6.07, 6.45) is 2.13. The van der Waals surface area contributed by atoms with Crippen molar-refractivity contribution in [2.45, 2.75) is 31.8 Å². The van der Waals surface area contributed by atoms with Crippen LogP contribution in [0.25, 0.3) is 11.4 Å². The minimum absolute atomic E-state index is 0.451. The third kappa shape index (κ3) is 4.13. The van der Waals surface area contributed by atoms with Crippen LogP contribution in [0, 0.1) is 0 Å².